The van der Waals surface area contributed by atoms with Crippen LogP contribution in [-0.4, -0.2) is 39.0 Å². The second-order valence-electron chi connectivity index (χ2n) is 8.26. The number of nitrogens with zero attached hydrogens (tertiary/aromatic N) is 2. The molecule has 0 spiro atoms. The van der Waals surface area contributed by atoms with Crippen LogP contribution in [0, 0.1) is 0 Å². The molecule has 1 aromatic heterocycles. The first-order chi connectivity index (χ1) is 14.8. The molecule has 0 aliphatic carbocycles. The SMILES string of the molecule is CC1(c2ccc(OCc3cc(Cl)nc(Cl)c3)cc2)C[C@H]2CCCC(C(=O)NO)N2C1=O. The van der Waals surface area contributed by atoms with Crippen molar-refractivity contribution in [1.82, 2.24) is 15.4 Å². The number of benzene rings is 1. The van der Waals surface area contributed by atoms with Crippen molar-refractivity contribution in [3.05, 3.63) is 57.8 Å². The molecule has 1 aromatic carbocycles. The number of hydrogen-bond donors (Lipinski definition) is 2. The summed E-state index contributed by atoms with van der Waals surface area (Å²) in [5, 5.41) is 9.67. The maximum atomic E-state index is 13.4. The number of halogens is 2. The van der Waals surface area contributed by atoms with E-state index in [1.807, 2.05) is 31.2 Å². The zero-order valence-corrected chi connectivity index (χ0v) is 18.5. The van der Waals surface area contributed by atoms with Gasteiger partial charge in [0, 0.05) is 6.04 Å². The number of aromatic nitrogens is 1. The monoisotopic (exact) mass is 463 g/mol. The number of piperidine rings is 1. The van der Waals surface area contributed by atoms with Gasteiger partial charge in [-0.2, -0.15) is 0 Å². The molecule has 9 heteroatoms. The Morgan fingerprint density at radius 2 is 1.94 bits per heavy atom. The molecule has 3 atom stereocenters. The number of nitrogens with one attached hydrogen (secondary N) is 1. The van der Waals surface area contributed by atoms with E-state index in [0.717, 1.165) is 24.0 Å². The quantitative estimate of drug-likeness (QED) is 0.398. The molecule has 2 saturated heterocycles. The van der Waals surface area contributed by atoms with Crippen LogP contribution in [0.25, 0.3) is 0 Å². The molecule has 4 rings (SSSR count). The molecule has 2 N–H and O–H groups in total. The van der Waals surface area contributed by atoms with E-state index in [1.54, 1.807) is 22.5 Å². The van der Waals surface area contributed by atoms with E-state index in [9.17, 15) is 9.59 Å². The van der Waals surface area contributed by atoms with Crippen molar-refractivity contribution in [2.75, 3.05) is 0 Å². The molecule has 7 nitrogen and oxygen atoms in total. The van der Waals surface area contributed by atoms with Gasteiger partial charge >= 0.3 is 0 Å². The molecule has 164 valence electrons. The minimum Gasteiger partial charge on any atom is -0.489 e. The topological polar surface area (TPSA) is 91.8 Å². The van der Waals surface area contributed by atoms with Crippen LogP contribution in [0.5, 0.6) is 5.75 Å². The number of rotatable bonds is 5. The molecule has 2 unspecified atom stereocenters. The fourth-order valence-electron chi connectivity index (χ4n) is 4.69. The average Bonchev–Trinajstić information content (AvgIpc) is 3.02. The van der Waals surface area contributed by atoms with Crippen molar-refractivity contribution in [2.24, 2.45) is 0 Å². The van der Waals surface area contributed by atoms with Crippen LogP contribution in [0.2, 0.25) is 10.3 Å². The third-order valence-corrected chi connectivity index (χ3v) is 6.61. The van der Waals surface area contributed by atoms with Crippen molar-refractivity contribution in [1.29, 1.82) is 0 Å². The predicted octanol–water partition coefficient (Wildman–Crippen LogP) is 3.88. The molecule has 2 amide bonds. The molecule has 0 saturated carbocycles. The van der Waals surface area contributed by atoms with E-state index in [0.29, 0.717) is 28.9 Å². The number of fused-ring (bicyclic) bond motifs is 1. The number of hydrogen-bond acceptors (Lipinski definition) is 5. The largest absolute Gasteiger partial charge is 0.489 e. The lowest BCUT2D eigenvalue weighted by atomic mass is 9.79. The Morgan fingerprint density at radius 3 is 2.58 bits per heavy atom. The van der Waals surface area contributed by atoms with Crippen molar-refractivity contribution in [2.45, 2.75) is 56.7 Å². The molecular weight excluding hydrogens is 441 g/mol. The molecule has 31 heavy (non-hydrogen) atoms. The Bertz CT molecular complexity index is 981. The number of pyridine rings is 1. The van der Waals surface area contributed by atoms with E-state index in [-0.39, 0.29) is 18.6 Å². The van der Waals surface area contributed by atoms with Gasteiger partial charge in [0.15, 0.2) is 0 Å². The summed E-state index contributed by atoms with van der Waals surface area (Å²) < 4.78 is 5.82. The van der Waals surface area contributed by atoms with Crippen molar-refractivity contribution >= 4 is 35.0 Å². The Hall–Kier alpha value is -2.35. The summed E-state index contributed by atoms with van der Waals surface area (Å²) in [4.78, 5) is 31.0. The van der Waals surface area contributed by atoms with Crippen molar-refractivity contribution < 1.29 is 19.5 Å². The van der Waals surface area contributed by atoms with Crippen LogP contribution in [0.15, 0.2) is 36.4 Å². The predicted molar refractivity (Wildman–Crippen MR) is 115 cm³/mol. The van der Waals surface area contributed by atoms with Gasteiger partial charge in [0.05, 0.1) is 5.41 Å². The van der Waals surface area contributed by atoms with Gasteiger partial charge < -0.3 is 9.64 Å². The lowest BCUT2D eigenvalue weighted by molar-refractivity contribution is -0.147. The van der Waals surface area contributed by atoms with Gasteiger partial charge in [0.1, 0.15) is 28.7 Å². The smallest absolute Gasteiger partial charge is 0.266 e. The Kier molecular flexibility index (Phi) is 6.10. The van der Waals surface area contributed by atoms with Crippen LogP contribution < -0.4 is 10.2 Å². The van der Waals surface area contributed by atoms with Crippen LogP contribution in [0.4, 0.5) is 0 Å². The molecule has 2 fully saturated rings. The normalized spacial score (nSPS) is 25.3. The van der Waals surface area contributed by atoms with Gasteiger partial charge in [0.25, 0.3) is 5.91 Å². The zero-order chi connectivity index (χ0) is 22.2. The van der Waals surface area contributed by atoms with E-state index in [2.05, 4.69) is 4.98 Å². The Morgan fingerprint density at radius 1 is 1.26 bits per heavy atom. The highest BCUT2D eigenvalue weighted by Gasteiger charge is 2.53. The van der Waals surface area contributed by atoms with Crippen LogP contribution >= 0.6 is 23.2 Å². The third-order valence-electron chi connectivity index (χ3n) is 6.23. The molecule has 2 aliphatic heterocycles. The maximum absolute atomic E-state index is 13.4. The molecular formula is C22H23Cl2N3O4. The first-order valence-corrected chi connectivity index (χ1v) is 10.9. The maximum Gasteiger partial charge on any atom is 0.266 e. The third kappa shape index (κ3) is 4.22. The molecule has 0 bridgehead atoms. The average molecular weight is 464 g/mol. The van der Waals surface area contributed by atoms with Crippen molar-refractivity contribution in [3.8, 4) is 5.75 Å². The summed E-state index contributed by atoms with van der Waals surface area (Å²) >= 11 is 11.8. The van der Waals surface area contributed by atoms with Crippen LogP contribution in [0.1, 0.15) is 43.7 Å². The van der Waals surface area contributed by atoms with Crippen LogP contribution in [-0.2, 0) is 21.6 Å². The number of carbonyl (C=O) groups is 2. The first-order valence-electron chi connectivity index (χ1n) is 10.1. The lowest BCUT2D eigenvalue weighted by Gasteiger charge is -2.36. The highest BCUT2D eigenvalue weighted by molar-refractivity contribution is 6.32. The summed E-state index contributed by atoms with van der Waals surface area (Å²) in [6, 6.07) is 10.2. The summed E-state index contributed by atoms with van der Waals surface area (Å²) in [5.41, 5.74) is 2.65. The first kappa shape index (κ1) is 21.9. The standard InChI is InChI=1S/C22H23Cl2N3O4/c1-22(11-15-3-2-4-17(20(28)26-30)27(15)21(22)29)14-5-7-16(8-6-14)31-12-13-9-18(23)25-19(24)10-13/h5-10,15,17,30H,2-4,11-12H2,1H3,(H,26,28)/t15-,17?,22?/m1/s1. The van der Waals surface area contributed by atoms with Gasteiger partial charge in [-0.25, -0.2) is 10.5 Å². The summed E-state index contributed by atoms with van der Waals surface area (Å²) in [7, 11) is 0. The number of ether oxygens (including phenoxy) is 1. The van der Waals surface area contributed by atoms with Gasteiger partial charge in [0.2, 0.25) is 5.91 Å². The lowest BCUT2D eigenvalue weighted by Crippen LogP contribution is -2.53. The summed E-state index contributed by atoms with van der Waals surface area (Å²) in [6.07, 6.45) is 2.89. The van der Waals surface area contributed by atoms with Gasteiger partial charge in [-0.3, -0.25) is 14.8 Å². The molecule has 3 heterocycles. The fourth-order valence-corrected chi connectivity index (χ4v) is 5.19. The van der Waals surface area contributed by atoms with Gasteiger partial charge in [-0.05, 0) is 68.0 Å². The molecule has 2 aromatic rings. The minimum atomic E-state index is -0.728. The highest BCUT2D eigenvalue weighted by atomic mass is 35.5. The van der Waals surface area contributed by atoms with E-state index < -0.39 is 17.4 Å². The zero-order valence-electron chi connectivity index (χ0n) is 17.0. The molecule has 0 radical (unpaired) electrons. The summed E-state index contributed by atoms with van der Waals surface area (Å²) in [5.74, 6) is 0.0417. The second kappa shape index (κ2) is 8.65. The van der Waals surface area contributed by atoms with E-state index in [4.69, 9.17) is 33.1 Å². The Balaban J connectivity index is 1.49. The highest BCUT2D eigenvalue weighted by Crippen LogP contribution is 2.44. The van der Waals surface area contributed by atoms with Gasteiger partial charge in [-0.15, -0.1) is 0 Å². The number of amides is 2. The van der Waals surface area contributed by atoms with E-state index in [1.165, 1.54) is 0 Å². The minimum absolute atomic E-state index is 0.00864. The fraction of sp³-hybridized carbons (Fsp3) is 0.409. The number of hydroxylamine groups is 1. The second-order valence-corrected chi connectivity index (χ2v) is 9.03. The van der Waals surface area contributed by atoms with Crippen LogP contribution in [0.3, 0.4) is 0 Å². The Labute approximate surface area is 190 Å². The summed E-state index contributed by atoms with van der Waals surface area (Å²) in [6.45, 7) is 2.20. The van der Waals surface area contributed by atoms with Gasteiger partial charge in [-0.1, -0.05) is 35.3 Å². The number of carbonyl (C=O) groups excluding carboxylic acids is 2. The van der Waals surface area contributed by atoms with E-state index >= 15 is 0 Å². The van der Waals surface area contributed by atoms with Crippen molar-refractivity contribution in [3.63, 3.8) is 0 Å². The molecule has 2 aliphatic rings.